The molecule has 0 aliphatic rings. The Morgan fingerprint density at radius 1 is 0.952 bits per heavy atom. The number of pyridine rings is 1. The van der Waals surface area contributed by atoms with Crippen LogP contribution >= 0.6 is 0 Å². The van der Waals surface area contributed by atoms with Crippen molar-refractivity contribution in [1.29, 1.82) is 0 Å². The molecular formula is C18H13N3. The number of aryl methyl sites for hydroxylation is 2. The summed E-state index contributed by atoms with van der Waals surface area (Å²) in [6, 6.07) is 10.9. The van der Waals surface area contributed by atoms with Crippen molar-refractivity contribution in [2.45, 2.75) is 13.8 Å². The normalized spacial score (nSPS) is 12.3. The molecule has 0 unspecified atom stereocenters. The number of rotatable bonds is 0. The van der Waals surface area contributed by atoms with Gasteiger partial charge in [0.25, 0.3) is 0 Å². The third-order valence-corrected chi connectivity index (χ3v) is 4.39. The van der Waals surface area contributed by atoms with Gasteiger partial charge in [-0.05, 0) is 37.6 Å². The van der Waals surface area contributed by atoms with Crippen molar-refractivity contribution in [2.75, 3.05) is 0 Å². The van der Waals surface area contributed by atoms with E-state index in [2.05, 4.69) is 64.7 Å². The molecule has 0 radical (unpaired) electrons. The first-order valence-corrected chi connectivity index (χ1v) is 7.11. The first-order chi connectivity index (χ1) is 10.2. The van der Waals surface area contributed by atoms with E-state index in [1.54, 1.807) is 6.33 Å². The lowest BCUT2D eigenvalue weighted by atomic mass is 10.0. The standard InChI is InChI=1S/C18H13N3/c1-10-7-11(2)17-13(8-10)16-15-14(19-9-20-16)4-3-12-5-6-21(17)18(12)15/h3-9H,1-2H3. The predicted octanol–water partition coefficient (Wildman–Crippen LogP) is 4.24. The lowest BCUT2D eigenvalue weighted by molar-refractivity contribution is 1.23. The number of hydrogen-bond donors (Lipinski definition) is 0. The molecule has 3 aromatic heterocycles. The van der Waals surface area contributed by atoms with Gasteiger partial charge in [0, 0.05) is 17.0 Å². The van der Waals surface area contributed by atoms with Gasteiger partial charge in [0.2, 0.25) is 0 Å². The van der Waals surface area contributed by atoms with Crippen molar-refractivity contribution in [2.24, 2.45) is 0 Å². The van der Waals surface area contributed by atoms with Crippen LogP contribution in [0.1, 0.15) is 11.1 Å². The molecule has 0 aliphatic carbocycles. The van der Waals surface area contributed by atoms with Gasteiger partial charge in [0.1, 0.15) is 6.33 Å². The van der Waals surface area contributed by atoms with Gasteiger partial charge in [0.15, 0.2) is 0 Å². The molecule has 21 heavy (non-hydrogen) atoms. The van der Waals surface area contributed by atoms with Gasteiger partial charge in [-0.1, -0.05) is 17.7 Å². The topological polar surface area (TPSA) is 30.2 Å². The monoisotopic (exact) mass is 271 g/mol. The Balaban J connectivity index is 2.30. The van der Waals surface area contributed by atoms with E-state index in [9.17, 15) is 0 Å². The van der Waals surface area contributed by atoms with E-state index in [-0.39, 0.29) is 0 Å². The second-order valence-electron chi connectivity index (χ2n) is 5.78. The van der Waals surface area contributed by atoms with Crippen molar-refractivity contribution in [3.63, 3.8) is 0 Å². The highest BCUT2D eigenvalue weighted by atomic mass is 14.9. The SMILES string of the molecule is Cc1cc(C)c2c(c1)c1ncnc3ccc4ccn2c4c31. The zero-order chi connectivity index (χ0) is 14.1. The Morgan fingerprint density at radius 3 is 2.76 bits per heavy atom. The second-order valence-corrected chi connectivity index (χ2v) is 5.78. The molecule has 5 rings (SSSR count). The molecule has 3 nitrogen and oxygen atoms in total. The van der Waals surface area contributed by atoms with Gasteiger partial charge < -0.3 is 4.40 Å². The molecule has 100 valence electrons. The predicted molar refractivity (Wildman–Crippen MR) is 86.2 cm³/mol. The maximum absolute atomic E-state index is 4.60. The van der Waals surface area contributed by atoms with Crippen molar-refractivity contribution >= 4 is 38.2 Å². The molecule has 0 aliphatic heterocycles. The van der Waals surface area contributed by atoms with E-state index in [0.717, 1.165) is 16.4 Å². The van der Waals surface area contributed by atoms with Crippen LogP contribution in [0.5, 0.6) is 0 Å². The highest BCUT2D eigenvalue weighted by molar-refractivity contribution is 6.21. The van der Waals surface area contributed by atoms with Crippen molar-refractivity contribution in [1.82, 2.24) is 14.4 Å². The molecule has 0 amide bonds. The fraction of sp³-hybridized carbons (Fsp3) is 0.111. The summed E-state index contributed by atoms with van der Waals surface area (Å²) in [4.78, 5) is 9.04. The lowest BCUT2D eigenvalue weighted by Gasteiger charge is -2.13. The van der Waals surface area contributed by atoms with Crippen LogP contribution in [0.2, 0.25) is 0 Å². The molecule has 3 heteroatoms. The Morgan fingerprint density at radius 2 is 1.86 bits per heavy atom. The number of nitrogens with zero attached hydrogens (tertiary/aromatic N) is 3. The van der Waals surface area contributed by atoms with Crippen LogP contribution in [0, 0.1) is 13.8 Å². The first kappa shape index (κ1) is 11.0. The Hall–Kier alpha value is -2.68. The largest absolute Gasteiger partial charge is 0.315 e. The fourth-order valence-corrected chi connectivity index (χ4v) is 3.63. The summed E-state index contributed by atoms with van der Waals surface area (Å²) < 4.78 is 2.29. The molecule has 0 saturated heterocycles. The highest BCUT2D eigenvalue weighted by Gasteiger charge is 2.16. The van der Waals surface area contributed by atoms with E-state index < -0.39 is 0 Å². The summed E-state index contributed by atoms with van der Waals surface area (Å²) in [7, 11) is 0. The van der Waals surface area contributed by atoms with Crippen LogP contribution in [0.4, 0.5) is 0 Å². The maximum atomic E-state index is 4.60. The van der Waals surface area contributed by atoms with E-state index in [1.807, 2.05) is 0 Å². The summed E-state index contributed by atoms with van der Waals surface area (Å²) in [6.45, 7) is 4.31. The quantitative estimate of drug-likeness (QED) is 0.311. The van der Waals surface area contributed by atoms with Crippen LogP contribution in [-0.4, -0.2) is 14.4 Å². The average molecular weight is 271 g/mol. The van der Waals surface area contributed by atoms with Crippen molar-refractivity contribution in [3.05, 3.63) is 54.0 Å². The minimum Gasteiger partial charge on any atom is -0.315 e. The smallest absolute Gasteiger partial charge is 0.116 e. The van der Waals surface area contributed by atoms with Crippen LogP contribution < -0.4 is 0 Å². The highest BCUT2D eigenvalue weighted by Crippen LogP contribution is 2.36. The third kappa shape index (κ3) is 1.24. The van der Waals surface area contributed by atoms with Crippen LogP contribution in [0.25, 0.3) is 38.2 Å². The van der Waals surface area contributed by atoms with Gasteiger partial charge in [-0.15, -0.1) is 0 Å². The number of benzene rings is 2. The molecule has 0 atom stereocenters. The molecule has 0 N–H and O–H groups in total. The van der Waals surface area contributed by atoms with E-state index in [4.69, 9.17) is 0 Å². The molecule has 0 fully saturated rings. The van der Waals surface area contributed by atoms with Crippen LogP contribution in [-0.2, 0) is 0 Å². The van der Waals surface area contributed by atoms with E-state index >= 15 is 0 Å². The number of aromatic nitrogens is 3. The molecular weight excluding hydrogens is 258 g/mol. The molecule has 2 aromatic carbocycles. The summed E-state index contributed by atoms with van der Waals surface area (Å²) in [5.41, 5.74) is 7.08. The van der Waals surface area contributed by atoms with Gasteiger partial charge in [-0.25, -0.2) is 9.97 Å². The molecule has 3 heterocycles. The number of fused-ring (bicyclic) bond motifs is 3. The summed E-state index contributed by atoms with van der Waals surface area (Å²) in [6.07, 6.45) is 3.82. The van der Waals surface area contributed by atoms with Crippen LogP contribution in [0.3, 0.4) is 0 Å². The lowest BCUT2D eigenvalue weighted by Crippen LogP contribution is -1.96. The Bertz CT molecular complexity index is 1150. The summed E-state index contributed by atoms with van der Waals surface area (Å²) >= 11 is 0. The summed E-state index contributed by atoms with van der Waals surface area (Å²) in [5.74, 6) is 0. The third-order valence-electron chi connectivity index (χ3n) is 4.39. The van der Waals surface area contributed by atoms with Gasteiger partial charge >= 0.3 is 0 Å². The summed E-state index contributed by atoms with van der Waals surface area (Å²) in [5, 5.41) is 3.61. The minimum atomic E-state index is 1.01. The van der Waals surface area contributed by atoms with Crippen molar-refractivity contribution in [3.8, 4) is 0 Å². The first-order valence-electron chi connectivity index (χ1n) is 7.11. The fourth-order valence-electron chi connectivity index (χ4n) is 3.63. The zero-order valence-corrected chi connectivity index (χ0v) is 11.9. The average Bonchev–Trinajstić information content (AvgIpc) is 2.90. The minimum absolute atomic E-state index is 1.01. The maximum Gasteiger partial charge on any atom is 0.116 e. The van der Waals surface area contributed by atoms with Gasteiger partial charge in [-0.3, -0.25) is 0 Å². The van der Waals surface area contributed by atoms with E-state index in [0.29, 0.717) is 0 Å². The second kappa shape index (κ2) is 3.50. The Kier molecular flexibility index (Phi) is 1.84. The van der Waals surface area contributed by atoms with Crippen LogP contribution in [0.15, 0.2) is 42.9 Å². The Labute approximate surface area is 121 Å². The molecule has 0 bridgehead atoms. The van der Waals surface area contributed by atoms with Gasteiger partial charge in [0.05, 0.1) is 27.5 Å². The van der Waals surface area contributed by atoms with Crippen molar-refractivity contribution < 1.29 is 0 Å². The molecule has 0 spiro atoms. The number of hydrogen-bond acceptors (Lipinski definition) is 2. The molecule has 5 aromatic rings. The van der Waals surface area contributed by atoms with Gasteiger partial charge in [-0.2, -0.15) is 0 Å². The zero-order valence-electron chi connectivity index (χ0n) is 11.9. The van der Waals surface area contributed by atoms with E-state index in [1.165, 1.54) is 32.9 Å². The molecule has 0 saturated carbocycles.